The number of aryl methyl sites for hydroxylation is 2. The molecule has 0 spiro atoms. The number of furan rings is 1. The summed E-state index contributed by atoms with van der Waals surface area (Å²) in [7, 11) is -1.94. The maximum Gasteiger partial charge on any atom is 0.255 e. The second-order valence-corrected chi connectivity index (χ2v) is 11.0. The number of fused-ring (bicyclic) bond motifs is 1. The Morgan fingerprint density at radius 3 is 2.59 bits per heavy atom. The van der Waals surface area contributed by atoms with Crippen LogP contribution in [0.1, 0.15) is 77.7 Å². The summed E-state index contributed by atoms with van der Waals surface area (Å²) in [6.45, 7) is 6.50. The Hall–Kier alpha value is -2.71. The van der Waals surface area contributed by atoms with E-state index >= 15 is 0 Å². The van der Waals surface area contributed by atoms with Crippen molar-refractivity contribution in [2.45, 2.75) is 64.5 Å². The lowest BCUT2D eigenvalue weighted by atomic mass is 9.98. The summed E-state index contributed by atoms with van der Waals surface area (Å²) in [6.07, 6.45) is 4.80. The predicted octanol–water partition coefficient (Wildman–Crippen LogP) is 4.96. The van der Waals surface area contributed by atoms with Crippen molar-refractivity contribution in [3.63, 3.8) is 0 Å². The Kier molecular flexibility index (Phi) is 7.09. The third-order valence-electron chi connectivity index (χ3n) is 6.32. The van der Waals surface area contributed by atoms with Gasteiger partial charge in [0.05, 0.1) is 16.6 Å². The Morgan fingerprint density at radius 1 is 1.18 bits per heavy atom. The molecule has 0 radical (unpaired) electrons. The lowest BCUT2D eigenvalue weighted by Gasteiger charge is -2.10. The van der Waals surface area contributed by atoms with Gasteiger partial charge in [-0.25, -0.2) is 18.1 Å². The zero-order valence-electron chi connectivity index (χ0n) is 20.3. The van der Waals surface area contributed by atoms with Gasteiger partial charge >= 0.3 is 0 Å². The van der Waals surface area contributed by atoms with E-state index in [1.165, 1.54) is 0 Å². The molecule has 0 aliphatic heterocycles. The Morgan fingerprint density at radius 2 is 1.94 bits per heavy atom. The minimum absolute atomic E-state index is 0.199. The summed E-state index contributed by atoms with van der Waals surface area (Å²) >= 11 is 0. The molecule has 0 bridgehead atoms. The molecule has 1 fully saturated rings. The first-order valence-corrected chi connectivity index (χ1v) is 13.6. The van der Waals surface area contributed by atoms with Gasteiger partial charge in [0.25, 0.3) is 5.91 Å². The van der Waals surface area contributed by atoms with Crippen molar-refractivity contribution in [1.82, 2.24) is 15.0 Å². The fraction of sp³-hybridized carbons (Fsp3) is 0.462. The van der Waals surface area contributed by atoms with Gasteiger partial charge in [0.1, 0.15) is 5.75 Å². The molecule has 182 valence electrons. The van der Waals surface area contributed by atoms with Gasteiger partial charge in [-0.2, -0.15) is 0 Å². The Balaban J connectivity index is 1.81. The van der Waals surface area contributed by atoms with Gasteiger partial charge in [-0.15, -0.1) is 0 Å². The van der Waals surface area contributed by atoms with Crippen LogP contribution in [0.4, 0.5) is 0 Å². The predicted molar refractivity (Wildman–Crippen MR) is 134 cm³/mol. The molecule has 1 saturated carbocycles. The lowest BCUT2D eigenvalue weighted by molar-refractivity contribution is 0.0964. The molecule has 34 heavy (non-hydrogen) atoms. The number of aromatic nitrogens is 1. The topological polar surface area (TPSA) is 101 Å². The van der Waals surface area contributed by atoms with Crippen molar-refractivity contribution < 1.29 is 17.6 Å². The number of nitrogens with zero attached hydrogens (tertiary/aromatic N) is 1. The SMILES string of the molecule is CCCCCNS(=O)(=O)Cc1nc2oc(-c3ccc(C)cc3C)c(C(=O)NC)c2cc1C1CC1. The van der Waals surface area contributed by atoms with E-state index in [0.717, 1.165) is 54.4 Å². The first kappa shape index (κ1) is 24.4. The molecule has 1 aromatic carbocycles. The zero-order valence-corrected chi connectivity index (χ0v) is 21.1. The molecule has 0 unspecified atom stereocenters. The number of hydrogen-bond donors (Lipinski definition) is 2. The van der Waals surface area contributed by atoms with Crippen LogP contribution in [0.5, 0.6) is 0 Å². The number of pyridine rings is 1. The van der Waals surface area contributed by atoms with Gasteiger partial charge in [0.2, 0.25) is 15.7 Å². The van der Waals surface area contributed by atoms with E-state index in [-0.39, 0.29) is 23.3 Å². The second-order valence-electron chi connectivity index (χ2n) is 9.22. The van der Waals surface area contributed by atoms with Gasteiger partial charge < -0.3 is 9.73 Å². The average molecular weight is 484 g/mol. The van der Waals surface area contributed by atoms with E-state index in [9.17, 15) is 13.2 Å². The highest BCUT2D eigenvalue weighted by molar-refractivity contribution is 7.88. The monoisotopic (exact) mass is 483 g/mol. The van der Waals surface area contributed by atoms with E-state index in [4.69, 9.17) is 4.42 Å². The summed E-state index contributed by atoms with van der Waals surface area (Å²) in [5, 5.41) is 3.34. The first-order chi connectivity index (χ1) is 16.2. The quantitative estimate of drug-likeness (QED) is 0.397. The number of benzene rings is 1. The summed E-state index contributed by atoms with van der Waals surface area (Å²) in [4.78, 5) is 17.6. The van der Waals surface area contributed by atoms with Gasteiger partial charge in [-0.3, -0.25) is 4.79 Å². The van der Waals surface area contributed by atoms with Gasteiger partial charge in [0, 0.05) is 19.2 Å². The number of unbranched alkanes of at least 4 members (excludes halogenated alkanes) is 2. The normalized spacial score (nSPS) is 14.0. The number of hydrogen-bond acceptors (Lipinski definition) is 5. The highest BCUT2D eigenvalue weighted by atomic mass is 32.2. The van der Waals surface area contributed by atoms with Crippen molar-refractivity contribution in [2.24, 2.45) is 0 Å². The number of sulfonamides is 1. The molecule has 1 amide bonds. The van der Waals surface area contributed by atoms with Crippen molar-refractivity contribution >= 4 is 27.0 Å². The fourth-order valence-corrected chi connectivity index (χ4v) is 5.53. The van der Waals surface area contributed by atoms with Crippen molar-refractivity contribution in [3.05, 3.63) is 52.2 Å². The molecule has 7 nitrogen and oxygen atoms in total. The molecule has 0 atom stereocenters. The minimum atomic E-state index is -3.53. The van der Waals surface area contributed by atoms with Crippen LogP contribution in [0.2, 0.25) is 0 Å². The van der Waals surface area contributed by atoms with E-state index in [2.05, 4.69) is 21.9 Å². The summed E-state index contributed by atoms with van der Waals surface area (Å²) in [5.41, 5.74) is 5.05. The van der Waals surface area contributed by atoms with Crippen LogP contribution in [0.25, 0.3) is 22.4 Å². The van der Waals surface area contributed by atoms with Crippen LogP contribution in [-0.2, 0) is 15.8 Å². The maximum absolute atomic E-state index is 12.9. The average Bonchev–Trinajstić information content (AvgIpc) is 3.56. The second kappa shape index (κ2) is 9.88. The van der Waals surface area contributed by atoms with Gasteiger partial charge in [-0.1, -0.05) is 43.5 Å². The van der Waals surface area contributed by atoms with Crippen LogP contribution in [0, 0.1) is 13.8 Å². The van der Waals surface area contributed by atoms with Crippen LogP contribution in [0.3, 0.4) is 0 Å². The molecule has 0 saturated heterocycles. The highest BCUT2D eigenvalue weighted by Crippen LogP contribution is 2.44. The highest BCUT2D eigenvalue weighted by Gasteiger charge is 2.32. The Bertz CT molecular complexity index is 1320. The first-order valence-electron chi connectivity index (χ1n) is 12.0. The van der Waals surface area contributed by atoms with Crippen LogP contribution >= 0.6 is 0 Å². The molecule has 1 aliphatic carbocycles. The van der Waals surface area contributed by atoms with E-state index in [1.54, 1.807) is 7.05 Å². The number of rotatable bonds is 10. The zero-order chi connectivity index (χ0) is 24.5. The molecule has 2 N–H and O–H groups in total. The largest absolute Gasteiger partial charge is 0.437 e. The van der Waals surface area contributed by atoms with Crippen molar-refractivity contribution in [2.75, 3.05) is 13.6 Å². The van der Waals surface area contributed by atoms with Gasteiger partial charge in [-0.05, 0) is 56.2 Å². The lowest BCUT2D eigenvalue weighted by Crippen LogP contribution is -2.27. The van der Waals surface area contributed by atoms with Crippen LogP contribution in [-0.4, -0.2) is 32.9 Å². The number of carbonyl (C=O) groups is 1. The third-order valence-corrected chi connectivity index (χ3v) is 7.62. The molecule has 8 heteroatoms. The molecule has 4 rings (SSSR count). The molecule has 1 aliphatic rings. The van der Waals surface area contributed by atoms with Crippen molar-refractivity contribution in [3.8, 4) is 11.3 Å². The molecular formula is C26H33N3O4S. The summed E-state index contributed by atoms with van der Waals surface area (Å²) in [5.74, 6) is 0.267. The van der Waals surface area contributed by atoms with E-state index in [1.807, 2.05) is 38.1 Å². The molecule has 2 aromatic heterocycles. The van der Waals surface area contributed by atoms with E-state index in [0.29, 0.717) is 28.9 Å². The summed E-state index contributed by atoms with van der Waals surface area (Å²) < 4.78 is 34.4. The summed E-state index contributed by atoms with van der Waals surface area (Å²) in [6, 6.07) is 7.89. The molecule has 3 aromatic rings. The molecule has 2 heterocycles. The fourth-order valence-electron chi connectivity index (χ4n) is 4.38. The Labute approximate surface area is 201 Å². The van der Waals surface area contributed by atoms with Gasteiger partial charge in [0.15, 0.2) is 5.76 Å². The number of carbonyl (C=O) groups excluding carboxylic acids is 1. The smallest absolute Gasteiger partial charge is 0.255 e. The van der Waals surface area contributed by atoms with Crippen LogP contribution in [0.15, 0.2) is 28.7 Å². The third kappa shape index (κ3) is 5.18. The number of nitrogens with one attached hydrogen (secondary N) is 2. The van der Waals surface area contributed by atoms with Crippen LogP contribution < -0.4 is 10.0 Å². The standard InChI is InChI=1S/C26H33N3O4S/c1-5-6-7-12-28-34(31,32)15-22-20(18-9-10-18)14-21-23(25(30)27-4)24(33-26(21)29-22)19-11-8-16(2)13-17(19)3/h8,11,13-14,18,28H,5-7,9-10,12,15H2,1-4H3,(H,27,30). The number of amides is 1. The van der Waals surface area contributed by atoms with Crippen molar-refractivity contribution in [1.29, 1.82) is 0 Å². The minimum Gasteiger partial charge on any atom is -0.437 e. The molecular weight excluding hydrogens is 450 g/mol. The maximum atomic E-state index is 12.9. The van der Waals surface area contributed by atoms with E-state index < -0.39 is 10.0 Å².